The lowest BCUT2D eigenvalue weighted by molar-refractivity contribution is -0.133. The second-order valence-corrected chi connectivity index (χ2v) is 11.7. The molecule has 2 aromatic rings. The van der Waals surface area contributed by atoms with Crippen LogP contribution in [0.25, 0.3) is 0 Å². The van der Waals surface area contributed by atoms with Crippen LogP contribution in [0, 0.1) is 12.8 Å². The van der Waals surface area contributed by atoms with Crippen molar-refractivity contribution in [3.8, 4) is 0 Å². The Balaban J connectivity index is 1.49. The lowest BCUT2D eigenvalue weighted by Gasteiger charge is -2.36. The zero-order chi connectivity index (χ0) is 23.5. The van der Waals surface area contributed by atoms with Crippen LogP contribution in [0.2, 0.25) is 0 Å². The maximum atomic E-state index is 13.5. The second-order valence-electron chi connectivity index (χ2n) is 9.62. The van der Waals surface area contributed by atoms with Gasteiger partial charge in [-0.2, -0.15) is 0 Å². The van der Waals surface area contributed by atoms with E-state index in [1.807, 2.05) is 37.8 Å². The molecule has 5 rings (SSSR count). The first-order valence-electron chi connectivity index (χ1n) is 11.3. The first-order valence-corrected chi connectivity index (χ1v) is 13.0. The molecule has 0 bridgehead atoms. The Morgan fingerprint density at radius 2 is 1.70 bits per heavy atom. The van der Waals surface area contributed by atoms with Gasteiger partial charge >= 0.3 is 4.87 Å². The van der Waals surface area contributed by atoms with Crippen LogP contribution >= 0.6 is 23.1 Å². The van der Waals surface area contributed by atoms with Gasteiger partial charge in [-0.3, -0.25) is 23.7 Å². The Hall–Kier alpha value is -2.39. The van der Waals surface area contributed by atoms with Crippen LogP contribution < -0.4 is 9.77 Å². The van der Waals surface area contributed by atoms with E-state index in [2.05, 4.69) is 0 Å². The second kappa shape index (κ2) is 8.13. The molecule has 4 heterocycles. The number of rotatable bonds is 3. The normalized spacial score (nSPS) is 24.1. The first kappa shape index (κ1) is 22.4. The van der Waals surface area contributed by atoms with Gasteiger partial charge in [0.1, 0.15) is 11.8 Å². The summed E-state index contributed by atoms with van der Waals surface area (Å²) in [5.41, 5.74) is 0.928. The number of likely N-dealkylation sites (tertiary alicyclic amines) is 1. The summed E-state index contributed by atoms with van der Waals surface area (Å²) >= 11 is 2.37. The standard InChI is InChI=1S/C24H27N3O4S2/c1-14-7-9-15(10-8-14)27-20(29)17-18(21(27)30)32-22-19(24(17,2)3)33-23(31)26(22)13-16(28)25-11-5-4-6-12-25/h7-10,17-18H,4-6,11-13H2,1-3H3. The molecule has 1 aromatic heterocycles. The summed E-state index contributed by atoms with van der Waals surface area (Å²) in [7, 11) is 0. The van der Waals surface area contributed by atoms with Gasteiger partial charge in [0.15, 0.2) is 0 Å². The number of fused-ring (bicyclic) bond motifs is 2. The highest BCUT2D eigenvalue weighted by Crippen LogP contribution is 2.54. The molecule has 3 aliphatic rings. The van der Waals surface area contributed by atoms with Gasteiger partial charge in [0, 0.05) is 23.4 Å². The highest BCUT2D eigenvalue weighted by Gasteiger charge is 2.59. The minimum Gasteiger partial charge on any atom is -0.341 e. The van der Waals surface area contributed by atoms with Gasteiger partial charge in [-0.1, -0.05) is 54.6 Å². The van der Waals surface area contributed by atoms with Crippen molar-refractivity contribution in [3.63, 3.8) is 0 Å². The molecule has 7 nitrogen and oxygen atoms in total. The van der Waals surface area contributed by atoms with Crippen LogP contribution in [-0.2, 0) is 26.3 Å². The smallest absolute Gasteiger partial charge is 0.308 e. The molecular weight excluding hydrogens is 458 g/mol. The van der Waals surface area contributed by atoms with E-state index in [1.54, 1.807) is 12.1 Å². The van der Waals surface area contributed by atoms with Gasteiger partial charge in [0.2, 0.25) is 17.7 Å². The number of thioether (sulfide) groups is 1. The van der Waals surface area contributed by atoms with Crippen molar-refractivity contribution < 1.29 is 14.4 Å². The summed E-state index contributed by atoms with van der Waals surface area (Å²) < 4.78 is 1.52. The zero-order valence-electron chi connectivity index (χ0n) is 19.0. The molecule has 0 aliphatic carbocycles. The van der Waals surface area contributed by atoms with E-state index < -0.39 is 16.6 Å². The highest BCUT2D eigenvalue weighted by atomic mass is 32.2. The lowest BCUT2D eigenvalue weighted by Crippen LogP contribution is -2.42. The Labute approximate surface area is 200 Å². The van der Waals surface area contributed by atoms with Crippen LogP contribution in [-0.4, -0.2) is 45.5 Å². The summed E-state index contributed by atoms with van der Waals surface area (Å²) in [6.07, 6.45) is 3.09. The summed E-state index contributed by atoms with van der Waals surface area (Å²) in [5, 5.41) is 0.0418. The number of thiazole rings is 1. The fraction of sp³-hybridized carbons (Fsp3) is 0.500. The summed E-state index contributed by atoms with van der Waals surface area (Å²) in [6.45, 7) is 7.25. The molecule has 2 saturated heterocycles. The minimum absolute atomic E-state index is 0.0189. The maximum Gasteiger partial charge on any atom is 0.308 e. The van der Waals surface area contributed by atoms with Crippen molar-refractivity contribution in [1.82, 2.24) is 9.47 Å². The number of amides is 3. The van der Waals surface area contributed by atoms with E-state index in [1.165, 1.54) is 21.2 Å². The van der Waals surface area contributed by atoms with E-state index in [4.69, 9.17) is 0 Å². The molecule has 1 aromatic carbocycles. The third-order valence-corrected chi connectivity index (χ3v) is 9.82. The molecule has 2 atom stereocenters. The molecule has 0 radical (unpaired) electrons. The van der Waals surface area contributed by atoms with Crippen molar-refractivity contribution in [2.75, 3.05) is 18.0 Å². The van der Waals surface area contributed by atoms with Gasteiger partial charge in [0.05, 0.1) is 16.6 Å². The Morgan fingerprint density at radius 1 is 1.03 bits per heavy atom. The molecule has 0 spiro atoms. The first-order chi connectivity index (χ1) is 15.7. The van der Waals surface area contributed by atoms with E-state index in [9.17, 15) is 19.2 Å². The summed E-state index contributed by atoms with van der Waals surface area (Å²) in [6, 6.07) is 7.36. The average Bonchev–Trinajstić information content (AvgIpc) is 3.24. The van der Waals surface area contributed by atoms with Crippen LogP contribution in [0.1, 0.15) is 43.6 Å². The van der Waals surface area contributed by atoms with Crippen molar-refractivity contribution in [3.05, 3.63) is 44.4 Å². The van der Waals surface area contributed by atoms with Gasteiger partial charge < -0.3 is 4.90 Å². The predicted molar refractivity (Wildman–Crippen MR) is 129 cm³/mol. The molecule has 0 N–H and O–H groups in total. The largest absolute Gasteiger partial charge is 0.341 e. The summed E-state index contributed by atoms with van der Waals surface area (Å²) in [5.74, 6) is -1.11. The number of hydrogen-bond donors (Lipinski definition) is 0. The van der Waals surface area contributed by atoms with Crippen molar-refractivity contribution in [2.24, 2.45) is 5.92 Å². The quantitative estimate of drug-likeness (QED) is 0.624. The number of aryl methyl sites for hydroxylation is 1. The third-order valence-electron chi connectivity index (χ3n) is 7.00. The third kappa shape index (κ3) is 3.56. The number of piperidine rings is 1. The van der Waals surface area contributed by atoms with E-state index in [-0.39, 0.29) is 29.1 Å². The lowest BCUT2D eigenvalue weighted by atomic mass is 9.76. The number of imide groups is 1. The molecule has 33 heavy (non-hydrogen) atoms. The number of carbonyl (C=O) groups is 3. The predicted octanol–water partition coefficient (Wildman–Crippen LogP) is 3.17. The fourth-order valence-electron chi connectivity index (χ4n) is 5.09. The van der Waals surface area contributed by atoms with Gasteiger partial charge in [-0.05, 0) is 38.3 Å². The van der Waals surface area contributed by atoms with E-state index in [0.29, 0.717) is 10.7 Å². The molecule has 174 valence electrons. The van der Waals surface area contributed by atoms with Gasteiger partial charge in [-0.15, -0.1) is 0 Å². The minimum atomic E-state index is -0.694. The number of benzene rings is 1. The number of hydrogen-bond acceptors (Lipinski definition) is 6. The highest BCUT2D eigenvalue weighted by molar-refractivity contribution is 8.00. The molecule has 2 fully saturated rings. The SMILES string of the molecule is Cc1ccc(N2C(=O)C3Sc4c(sc(=O)n4CC(=O)N4CCCCC4)C(C)(C)C3C2=O)cc1. The van der Waals surface area contributed by atoms with Crippen LogP contribution in [0.15, 0.2) is 34.1 Å². The van der Waals surface area contributed by atoms with Crippen molar-refractivity contribution >= 4 is 46.5 Å². The van der Waals surface area contributed by atoms with Crippen molar-refractivity contribution in [2.45, 2.75) is 62.3 Å². The Morgan fingerprint density at radius 3 is 2.36 bits per heavy atom. The van der Waals surface area contributed by atoms with E-state index in [0.717, 1.165) is 54.1 Å². The van der Waals surface area contributed by atoms with Crippen LogP contribution in [0.5, 0.6) is 0 Å². The fourth-order valence-corrected chi connectivity index (χ4v) is 8.13. The number of anilines is 1. The van der Waals surface area contributed by atoms with Crippen LogP contribution in [0.4, 0.5) is 5.69 Å². The molecule has 3 aliphatic heterocycles. The monoisotopic (exact) mass is 485 g/mol. The Bertz CT molecular complexity index is 1190. The summed E-state index contributed by atoms with van der Waals surface area (Å²) in [4.78, 5) is 56.5. The molecule has 0 saturated carbocycles. The Kier molecular flexibility index (Phi) is 5.52. The topological polar surface area (TPSA) is 79.7 Å². The van der Waals surface area contributed by atoms with Gasteiger partial charge in [0.25, 0.3) is 0 Å². The van der Waals surface area contributed by atoms with Crippen molar-refractivity contribution in [1.29, 1.82) is 0 Å². The zero-order valence-corrected chi connectivity index (χ0v) is 20.6. The molecule has 9 heteroatoms. The molecule has 2 unspecified atom stereocenters. The van der Waals surface area contributed by atoms with Gasteiger partial charge in [-0.25, -0.2) is 4.90 Å². The maximum absolute atomic E-state index is 13.5. The number of nitrogens with zero attached hydrogens (tertiary/aromatic N) is 3. The van der Waals surface area contributed by atoms with Crippen LogP contribution in [0.3, 0.4) is 0 Å². The molecule has 3 amide bonds. The average molecular weight is 486 g/mol. The number of carbonyl (C=O) groups excluding carboxylic acids is 3. The number of aromatic nitrogens is 1. The van der Waals surface area contributed by atoms with E-state index >= 15 is 0 Å². The molecular formula is C24H27N3O4S2.